The average Bonchev–Trinajstić information content (AvgIpc) is 2.72. The molecule has 4 rings (SSSR count). The third kappa shape index (κ3) is 3.29. The highest BCUT2D eigenvalue weighted by molar-refractivity contribution is 5.91. The van der Waals surface area contributed by atoms with Crippen molar-refractivity contribution in [3.8, 4) is 5.75 Å². The molecule has 3 N–H and O–H groups in total. The molecule has 0 saturated heterocycles. The highest BCUT2D eigenvalue weighted by atomic mass is 19.4. The summed E-state index contributed by atoms with van der Waals surface area (Å²) < 4.78 is 76.0. The van der Waals surface area contributed by atoms with Crippen molar-refractivity contribution < 1.29 is 31.8 Å². The zero-order valence-corrected chi connectivity index (χ0v) is 17.0. The molecule has 1 aliphatic carbocycles. The van der Waals surface area contributed by atoms with Crippen LogP contribution in [0.2, 0.25) is 0 Å². The summed E-state index contributed by atoms with van der Waals surface area (Å²) in [5, 5.41) is 13.7. The van der Waals surface area contributed by atoms with Crippen LogP contribution in [0, 0.1) is 11.6 Å². The Morgan fingerprint density at radius 1 is 1.12 bits per heavy atom. The standard InChI is InChI=1S/C22H19F5N2O3/c1-10-9-21(31,22(25,26)27)20(12-3-5-14(24)19(32-2)17(10)12)28-15-7-6-13(23)18-11(15)4-8-16(30)29-18/h3-8,10,20,28,31H,9H2,1-2H3,(H,29,30)/t10-,20?,21-/m1/s1. The van der Waals surface area contributed by atoms with Gasteiger partial charge in [-0.05, 0) is 42.2 Å². The first-order valence-corrected chi connectivity index (χ1v) is 9.71. The number of rotatable bonds is 3. The van der Waals surface area contributed by atoms with Gasteiger partial charge in [0.1, 0.15) is 5.82 Å². The van der Waals surface area contributed by atoms with Crippen LogP contribution in [0.1, 0.15) is 36.4 Å². The van der Waals surface area contributed by atoms with Crippen molar-refractivity contribution in [2.75, 3.05) is 12.4 Å². The number of aromatic nitrogens is 1. The summed E-state index contributed by atoms with van der Waals surface area (Å²) >= 11 is 0. The Bertz CT molecular complexity index is 1260. The Kier molecular flexibility index (Phi) is 5.15. The molecule has 32 heavy (non-hydrogen) atoms. The lowest BCUT2D eigenvalue weighted by atomic mass is 9.70. The number of hydrogen-bond donors (Lipinski definition) is 3. The Hall–Kier alpha value is -3.14. The molecular weight excluding hydrogens is 435 g/mol. The quantitative estimate of drug-likeness (QED) is 0.499. The molecule has 0 fully saturated rings. The van der Waals surface area contributed by atoms with Gasteiger partial charge in [0.2, 0.25) is 5.56 Å². The Morgan fingerprint density at radius 3 is 2.47 bits per heavy atom. The molecule has 5 nitrogen and oxygen atoms in total. The van der Waals surface area contributed by atoms with Gasteiger partial charge in [-0.3, -0.25) is 4.79 Å². The van der Waals surface area contributed by atoms with Gasteiger partial charge in [0.15, 0.2) is 17.2 Å². The number of ether oxygens (including phenoxy) is 1. The number of anilines is 1. The molecule has 0 spiro atoms. The summed E-state index contributed by atoms with van der Waals surface area (Å²) in [6.07, 6.45) is -5.79. The third-order valence-electron chi connectivity index (χ3n) is 5.92. The molecule has 0 bridgehead atoms. The van der Waals surface area contributed by atoms with Gasteiger partial charge in [0, 0.05) is 22.7 Å². The number of alkyl halides is 3. The zero-order chi connectivity index (χ0) is 23.4. The number of aliphatic hydroxyl groups is 1. The maximum Gasteiger partial charge on any atom is 0.419 e. The van der Waals surface area contributed by atoms with Crippen LogP contribution in [0.5, 0.6) is 5.75 Å². The van der Waals surface area contributed by atoms with Crippen LogP contribution in [-0.2, 0) is 0 Å². The van der Waals surface area contributed by atoms with E-state index in [2.05, 4.69) is 10.3 Å². The molecule has 3 aromatic rings. The molecule has 0 aliphatic heterocycles. The first-order valence-electron chi connectivity index (χ1n) is 9.71. The van der Waals surface area contributed by atoms with E-state index in [1.165, 1.54) is 32.2 Å². The summed E-state index contributed by atoms with van der Waals surface area (Å²) in [5.41, 5.74) is -3.74. The number of aromatic amines is 1. The maximum atomic E-state index is 14.3. The number of fused-ring (bicyclic) bond motifs is 2. The molecule has 1 aromatic heterocycles. The number of nitrogens with one attached hydrogen (secondary N) is 2. The third-order valence-corrected chi connectivity index (χ3v) is 5.92. The lowest BCUT2D eigenvalue weighted by Gasteiger charge is -2.45. The molecule has 2 aromatic carbocycles. The van der Waals surface area contributed by atoms with Gasteiger partial charge in [0.25, 0.3) is 0 Å². The van der Waals surface area contributed by atoms with Crippen molar-refractivity contribution in [3.05, 3.63) is 69.5 Å². The summed E-state index contributed by atoms with van der Waals surface area (Å²) in [7, 11) is 1.21. The van der Waals surface area contributed by atoms with Gasteiger partial charge in [-0.25, -0.2) is 8.78 Å². The van der Waals surface area contributed by atoms with E-state index in [1.54, 1.807) is 0 Å². The zero-order valence-electron chi connectivity index (χ0n) is 17.0. The fourth-order valence-electron chi connectivity index (χ4n) is 4.47. The molecule has 1 unspecified atom stereocenters. The second kappa shape index (κ2) is 7.47. The van der Waals surface area contributed by atoms with Crippen LogP contribution in [0.25, 0.3) is 10.9 Å². The van der Waals surface area contributed by atoms with E-state index in [-0.39, 0.29) is 33.5 Å². The molecule has 10 heteroatoms. The average molecular weight is 454 g/mol. The largest absolute Gasteiger partial charge is 0.493 e. The van der Waals surface area contributed by atoms with Crippen molar-refractivity contribution in [2.24, 2.45) is 0 Å². The Morgan fingerprint density at radius 2 is 1.81 bits per heavy atom. The lowest BCUT2D eigenvalue weighted by molar-refractivity contribution is -0.272. The molecule has 3 atom stereocenters. The molecular formula is C22H19F5N2O3. The molecule has 0 radical (unpaired) electrons. The number of H-pyrrole nitrogens is 1. The van der Waals surface area contributed by atoms with Crippen molar-refractivity contribution >= 4 is 16.6 Å². The molecule has 0 amide bonds. The van der Waals surface area contributed by atoms with E-state index in [4.69, 9.17) is 4.74 Å². The van der Waals surface area contributed by atoms with E-state index < -0.39 is 47.4 Å². The minimum absolute atomic E-state index is 0.00345. The van der Waals surface area contributed by atoms with Gasteiger partial charge in [-0.2, -0.15) is 13.2 Å². The van der Waals surface area contributed by atoms with E-state index in [0.29, 0.717) is 0 Å². The van der Waals surface area contributed by atoms with Gasteiger partial charge >= 0.3 is 6.18 Å². The topological polar surface area (TPSA) is 74.3 Å². The van der Waals surface area contributed by atoms with E-state index in [0.717, 1.165) is 18.2 Å². The normalized spacial score (nSPS) is 23.1. The lowest BCUT2D eigenvalue weighted by Crippen LogP contribution is -2.55. The predicted molar refractivity (Wildman–Crippen MR) is 108 cm³/mol. The van der Waals surface area contributed by atoms with Gasteiger partial charge in [0.05, 0.1) is 18.7 Å². The Labute approximate surface area is 178 Å². The number of hydrogen-bond acceptors (Lipinski definition) is 4. The number of methoxy groups -OCH3 is 1. The minimum atomic E-state index is -5.04. The molecule has 0 saturated carbocycles. The first kappa shape index (κ1) is 22.1. The maximum absolute atomic E-state index is 14.3. The van der Waals surface area contributed by atoms with Gasteiger partial charge in [-0.1, -0.05) is 13.0 Å². The predicted octanol–water partition coefficient (Wildman–Crippen LogP) is 4.77. The SMILES string of the molecule is COc1c(F)ccc2c1[C@H](C)C[C@](O)(C(F)(F)F)C2Nc1ccc(F)c2[nH]c(=O)ccc12. The highest BCUT2D eigenvalue weighted by Gasteiger charge is 2.62. The first-order chi connectivity index (χ1) is 15.0. The number of benzene rings is 2. The van der Waals surface area contributed by atoms with E-state index >= 15 is 0 Å². The van der Waals surface area contributed by atoms with Crippen molar-refractivity contribution in [1.82, 2.24) is 4.98 Å². The van der Waals surface area contributed by atoms with Gasteiger partial charge in [-0.15, -0.1) is 0 Å². The number of pyridine rings is 1. The van der Waals surface area contributed by atoms with E-state index in [9.17, 15) is 31.9 Å². The van der Waals surface area contributed by atoms with Crippen molar-refractivity contribution in [1.29, 1.82) is 0 Å². The van der Waals surface area contributed by atoms with E-state index in [1.807, 2.05) is 0 Å². The molecule has 170 valence electrons. The fraction of sp³-hybridized carbons (Fsp3) is 0.318. The van der Waals surface area contributed by atoms with Crippen LogP contribution < -0.4 is 15.6 Å². The van der Waals surface area contributed by atoms with Crippen molar-refractivity contribution in [3.63, 3.8) is 0 Å². The van der Waals surface area contributed by atoms with Crippen LogP contribution >= 0.6 is 0 Å². The number of halogens is 5. The highest BCUT2D eigenvalue weighted by Crippen LogP contribution is 2.54. The molecule has 1 heterocycles. The second-order valence-corrected chi connectivity index (χ2v) is 7.89. The minimum Gasteiger partial charge on any atom is -0.493 e. The van der Waals surface area contributed by atoms with Crippen molar-refractivity contribution in [2.45, 2.75) is 37.1 Å². The smallest absolute Gasteiger partial charge is 0.419 e. The van der Waals surface area contributed by atoms with Crippen LogP contribution in [0.15, 0.2) is 41.2 Å². The summed E-state index contributed by atoms with van der Waals surface area (Å²) in [5.74, 6) is -2.57. The fourth-order valence-corrected chi connectivity index (χ4v) is 4.47. The monoisotopic (exact) mass is 454 g/mol. The second-order valence-electron chi connectivity index (χ2n) is 7.89. The molecule has 1 aliphatic rings. The van der Waals surface area contributed by atoms with Gasteiger partial charge < -0.3 is 20.1 Å². The van der Waals surface area contributed by atoms with Crippen LogP contribution in [-0.4, -0.2) is 29.0 Å². The summed E-state index contributed by atoms with van der Waals surface area (Å²) in [6.45, 7) is 1.45. The summed E-state index contributed by atoms with van der Waals surface area (Å²) in [4.78, 5) is 13.9. The summed E-state index contributed by atoms with van der Waals surface area (Å²) in [6, 6.07) is 4.97. The van der Waals surface area contributed by atoms with Crippen LogP contribution in [0.3, 0.4) is 0 Å². The Balaban J connectivity index is 1.95. The van der Waals surface area contributed by atoms with Crippen LogP contribution in [0.4, 0.5) is 27.6 Å².